The zero-order valence-electron chi connectivity index (χ0n) is 20.4. The molecule has 4 aromatic heterocycles. The van der Waals surface area contributed by atoms with Crippen molar-refractivity contribution in [2.24, 2.45) is 5.73 Å². The zero-order valence-corrected chi connectivity index (χ0v) is 20.4. The first-order valence-corrected chi connectivity index (χ1v) is 12.1. The van der Waals surface area contributed by atoms with Crippen LogP contribution in [0.25, 0.3) is 11.2 Å². The van der Waals surface area contributed by atoms with Crippen molar-refractivity contribution in [3.05, 3.63) is 72.6 Å². The molecule has 0 aliphatic carbocycles. The number of nitrogens with one attached hydrogen (secondary N) is 1. The molecule has 0 atom stereocenters. The van der Waals surface area contributed by atoms with Gasteiger partial charge in [0.2, 0.25) is 0 Å². The highest BCUT2D eigenvalue weighted by atomic mass is 16.5. The molecule has 0 saturated carbocycles. The Hall–Kier alpha value is -4.02. The molecule has 10 heteroatoms. The molecule has 1 aromatic carbocycles. The van der Waals surface area contributed by atoms with Crippen LogP contribution in [-0.2, 0) is 6.54 Å². The van der Waals surface area contributed by atoms with E-state index in [-0.39, 0.29) is 5.54 Å². The average Bonchev–Trinajstić information content (AvgIpc) is 3.49. The lowest BCUT2D eigenvalue weighted by atomic mass is 9.91. The van der Waals surface area contributed by atoms with E-state index in [4.69, 9.17) is 10.5 Å². The number of hydrogen-bond donors (Lipinski definition) is 2. The molecule has 0 bridgehead atoms. The summed E-state index contributed by atoms with van der Waals surface area (Å²) in [4.78, 5) is 11.2. The number of likely N-dealkylation sites (tertiary alicyclic amines) is 1. The summed E-state index contributed by atoms with van der Waals surface area (Å²) in [5.41, 5.74) is 11.1. The van der Waals surface area contributed by atoms with Crippen molar-refractivity contribution in [1.82, 2.24) is 34.1 Å². The molecule has 0 amide bonds. The number of pyridine rings is 1. The van der Waals surface area contributed by atoms with E-state index in [0.717, 1.165) is 66.5 Å². The summed E-state index contributed by atoms with van der Waals surface area (Å²) < 4.78 is 9.70. The first kappa shape index (κ1) is 22.4. The van der Waals surface area contributed by atoms with Crippen molar-refractivity contribution in [3.63, 3.8) is 0 Å². The summed E-state index contributed by atoms with van der Waals surface area (Å²) in [6.45, 7) is 6.99. The van der Waals surface area contributed by atoms with E-state index in [1.807, 2.05) is 48.1 Å². The number of benzene rings is 1. The van der Waals surface area contributed by atoms with Gasteiger partial charge in [0.05, 0.1) is 0 Å². The van der Waals surface area contributed by atoms with Crippen LogP contribution >= 0.6 is 0 Å². The molecule has 5 aromatic rings. The molecule has 0 unspecified atom stereocenters. The molecule has 36 heavy (non-hydrogen) atoms. The molecule has 0 spiro atoms. The van der Waals surface area contributed by atoms with E-state index >= 15 is 0 Å². The molecule has 5 heterocycles. The quantitative estimate of drug-likeness (QED) is 0.374. The van der Waals surface area contributed by atoms with Gasteiger partial charge in [0.15, 0.2) is 11.5 Å². The van der Waals surface area contributed by atoms with Crippen LogP contribution < -0.4 is 15.8 Å². The Balaban J connectivity index is 1.21. The number of fused-ring (bicyclic) bond motifs is 2. The van der Waals surface area contributed by atoms with E-state index in [1.165, 1.54) is 11.9 Å². The Morgan fingerprint density at radius 1 is 1.00 bits per heavy atom. The van der Waals surface area contributed by atoms with Crippen molar-refractivity contribution >= 4 is 22.7 Å². The highest BCUT2D eigenvalue weighted by Crippen LogP contribution is 2.30. The third kappa shape index (κ3) is 4.48. The zero-order chi connectivity index (χ0) is 24.7. The van der Waals surface area contributed by atoms with Crippen LogP contribution in [0.4, 0.5) is 11.5 Å². The van der Waals surface area contributed by atoms with Gasteiger partial charge in [0.25, 0.3) is 0 Å². The number of piperidine rings is 1. The van der Waals surface area contributed by atoms with Gasteiger partial charge in [-0.1, -0.05) is 0 Å². The lowest BCUT2D eigenvalue weighted by molar-refractivity contribution is 0.165. The summed E-state index contributed by atoms with van der Waals surface area (Å²) >= 11 is 0. The SMILES string of the molecule is Cc1cc(Nc2ncnn3ccc(CN4CCC(C)(N)CC4)c23)ccc1Oc1ccn2ncnc2c1. The Morgan fingerprint density at radius 3 is 2.61 bits per heavy atom. The summed E-state index contributed by atoms with van der Waals surface area (Å²) in [5.74, 6) is 2.26. The number of rotatable bonds is 6. The molecule has 10 nitrogen and oxygen atoms in total. The second-order valence-corrected chi connectivity index (χ2v) is 9.81. The monoisotopic (exact) mass is 483 g/mol. The van der Waals surface area contributed by atoms with Crippen molar-refractivity contribution in [2.45, 2.75) is 38.8 Å². The first-order chi connectivity index (χ1) is 17.4. The smallest absolute Gasteiger partial charge is 0.158 e. The van der Waals surface area contributed by atoms with Crippen molar-refractivity contribution < 1.29 is 4.74 Å². The molecule has 184 valence electrons. The number of aryl methyl sites for hydroxylation is 1. The van der Waals surface area contributed by atoms with E-state index in [1.54, 1.807) is 10.8 Å². The van der Waals surface area contributed by atoms with E-state index in [2.05, 4.69) is 49.4 Å². The van der Waals surface area contributed by atoms with Crippen molar-refractivity contribution in [1.29, 1.82) is 0 Å². The topological polar surface area (TPSA) is 111 Å². The number of nitrogens with two attached hydrogens (primary N) is 1. The summed E-state index contributed by atoms with van der Waals surface area (Å²) in [7, 11) is 0. The molecule has 1 fully saturated rings. The number of anilines is 2. The fraction of sp³-hybridized carbons (Fsp3) is 0.308. The summed E-state index contributed by atoms with van der Waals surface area (Å²) in [6.07, 6.45) is 8.92. The second kappa shape index (κ2) is 8.89. The molecular weight excluding hydrogens is 454 g/mol. The maximum absolute atomic E-state index is 6.32. The highest BCUT2D eigenvalue weighted by Gasteiger charge is 2.26. The van der Waals surface area contributed by atoms with E-state index < -0.39 is 0 Å². The molecule has 1 aliphatic rings. The molecule has 6 rings (SSSR count). The molecular formula is C26H29N9O. The Kier molecular flexibility index (Phi) is 5.54. The predicted molar refractivity (Wildman–Crippen MR) is 138 cm³/mol. The lowest BCUT2D eigenvalue weighted by Gasteiger charge is -2.36. The van der Waals surface area contributed by atoms with Gasteiger partial charge in [-0.2, -0.15) is 10.2 Å². The largest absolute Gasteiger partial charge is 0.457 e. The van der Waals surface area contributed by atoms with Gasteiger partial charge in [-0.15, -0.1) is 0 Å². The number of ether oxygens (including phenoxy) is 1. The maximum atomic E-state index is 6.32. The van der Waals surface area contributed by atoms with Crippen molar-refractivity contribution in [3.8, 4) is 11.5 Å². The van der Waals surface area contributed by atoms with Crippen LogP contribution in [0.2, 0.25) is 0 Å². The Bertz CT molecular complexity index is 1530. The van der Waals surface area contributed by atoms with Gasteiger partial charge in [-0.25, -0.2) is 19.0 Å². The van der Waals surface area contributed by atoms with Gasteiger partial charge in [0.1, 0.15) is 29.7 Å². The standard InChI is InChI=1S/C26H29N9O/c1-18-13-20(3-4-22(18)36-21-6-10-34-23(14-21)28-16-30-34)32-25-24-19(5-9-35(24)31-17-29-25)15-33-11-7-26(2,27)8-12-33/h3-6,9-10,13-14,16-17H,7-8,11-12,15,27H2,1-2H3,(H,29,31,32). The fourth-order valence-electron chi connectivity index (χ4n) is 4.67. The van der Waals surface area contributed by atoms with Crippen LogP contribution in [0.3, 0.4) is 0 Å². The van der Waals surface area contributed by atoms with Gasteiger partial charge < -0.3 is 15.8 Å². The van der Waals surface area contributed by atoms with Crippen LogP contribution in [0.5, 0.6) is 11.5 Å². The predicted octanol–water partition coefficient (Wildman–Crippen LogP) is 3.93. The van der Waals surface area contributed by atoms with E-state index in [0.29, 0.717) is 5.75 Å². The number of aromatic nitrogens is 6. The van der Waals surface area contributed by atoms with Crippen molar-refractivity contribution in [2.75, 3.05) is 18.4 Å². The molecule has 1 aliphatic heterocycles. The minimum Gasteiger partial charge on any atom is -0.457 e. The second-order valence-electron chi connectivity index (χ2n) is 9.81. The van der Waals surface area contributed by atoms with Crippen LogP contribution in [0.15, 0.2) is 61.4 Å². The number of hydrogen-bond acceptors (Lipinski definition) is 8. The third-order valence-electron chi connectivity index (χ3n) is 6.85. The Labute approximate surface area is 208 Å². The van der Waals surface area contributed by atoms with Gasteiger partial charge >= 0.3 is 0 Å². The van der Waals surface area contributed by atoms with E-state index in [9.17, 15) is 0 Å². The minimum atomic E-state index is -0.0633. The summed E-state index contributed by atoms with van der Waals surface area (Å²) in [5, 5.41) is 12.0. The van der Waals surface area contributed by atoms with Gasteiger partial charge in [-0.05, 0) is 68.1 Å². The van der Waals surface area contributed by atoms with Gasteiger partial charge in [0, 0.05) is 49.3 Å². The molecule has 3 N–H and O–H groups in total. The fourth-order valence-corrected chi connectivity index (χ4v) is 4.67. The first-order valence-electron chi connectivity index (χ1n) is 12.1. The van der Waals surface area contributed by atoms with Crippen LogP contribution in [0, 0.1) is 6.92 Å². The maximum Gasteiger partial charge on any atom is 0.158 e. The normalized spacial score (nSPS) is 16.0. The highest BCUT2D eigenvalue weighted by molar-refractivity contribution is 5.76. The lowest BCUT2D eigenvalue weighted by Crippen LogP contribution is -2.47. The average molecular weight is 484 g/mol. The molecule has 1 saturated heterocycles. The van der Waals surface area contributed by atoms with Crippen LogP contribution in [0.1, 0.15) is 30.9 Å². The van der Waals surface area contributed by atoms with Gasteiger partial charge in [-0.3, -0.25) is 4.90 Å². The Morgan fingerprint density at radius 2 is 1.78 bits per heavy atom. The molecule has 0 radical (unpaired) electrons. The summed E-state index contributed by atoms with van der Waals surface area (Å²) in [6, 6.07) is 11.9. The third-order valence-corrected chi connectivity index (χ3v) is 6.85. The van der Waals surface area contributed by atoms with Crippen LogP contribution in [-0.4, -0.2) is 52.7 Å². The minimum absolute atomic E-state index is 0.0633. The number of nitrogens with zero attached hydrogens (tertiary/aromatic N) is 7.